The summed E-state index contributed by atoms with van der Waals surface area (Å²) in [6, 6.07) is 5.85. The maximum Gasteiger partial charge on any atom is 0.338 e. The van der Waals surface area contributed by atoms with Crippen molar-refractivity contribution >= 4 is 55.5 Å². The minimum atomic E-state index is -4.19. The van der Waals surface area contributed by atoms with Gasteiger partial charge in [-0.2, -0.15) is 8.42 Å². The SMILES string of the molecule is O=C1CN(S(=O)(=O)c2oc3ccccc3c2I)C(=O)N1. The van der Waals surface area contributed by atoms with Gasteiger partial charge in [0, 0.05) is 5.39 Å². The standard InChI is InChI=1S/C11H7IN2O5S/c12-9-6-3-1-2-4-7(6)19-10(9)20(17,18)14-5-8(15)13-11(14)16/h1-4H,5H2,(H,13,15,16). The number of fused-ring (bicyclic) bond motifs is 1. The number of carbonyl (C=O) groups is 2. The lowest BCUT2D eigenvalue weighted by Crippen LogP contribution is -2.34. The minimum Gasteiger partial charge on any atom is -0.442 e. The van der Waals surface area contributed by atoms with Gasteiger partial charge in [-0.15, -0.1) is 0 Å². The van der Waals surface area contributed by atoms with E-state index in [9.17, 15) is 18.0 Å². The number of rotatable bonds is 2. The monoisotopic (exact) mass is 406 g/mol. The first kappa shape index (κ1) is 13.4. The molecule has 1 saturated heterocycles. The minimum absolute atomic E-state index is 0.329. The zero-order valence-corrected chi connectivity index (χ0v) is 12.8. The molecule has 7 nitrogen and oxygen atoms in total. The van der Waals surface area contributed by atoms with Crippen LogP contribution in [-0.2, 0) is 14.8 Å². The molecule has 0 spiro atoms. The number of halogens is 1. The number of imide groups is 1. The fourth-order valence-electron chi connectivity index (χ4n) is 1.88. The molecule has 9 heteroatoms. The summed E-state index contributed by atoms with van der Waals surface area (Å²) in [6.45, 7) is -0.533. The van der Waals surface area contributed by atoms with Crippen LogP contribution in [0.25, 0.3) is 11.0 Å². The van der Waals surface area contributed by atoms with E-state index in [0.29, 0.717) is 18.8 Å². The number of urea groups is 1. The molecule has 1 aromatic heterocycles. The van der Waals surface area contributed by atoms with Crippen LogP contribution in [0.3, 0.4) is 0 Å². The van der Waals surface area contributed by atoms with Gasteiger partial charge in [-0.1, -0.05) is 12.1 Å². The summed E-state index contributed by atoms with van der Waals surface area (Å²) in [5, 5.41) is 2.23. The number of nitrogens with zero attached hydrogens (tertiary/aromatic N) is 1. The van der Waals surface area contributed by atoms with Crippen LogP contribution in [-0.4, -0.2) is 31.2 Å². The van der Waals surface area contributed by atoms with Crippen LogP contribution in [0.15, 0.2) is 33.8 Å². The number of hydrogen-bond acceptors (Lipinski definition) is 5. The predicted octanol–water partition coefficient (Wildman–Crippen LogP) is 1.28. The molecule has 0 bridgehead atoms. The Morgan fingerprint density at radius 2 is 1.95 bits per heavy atom. The van der Waals surface area contributed by atoms with Crippen LogP contribution >= 0.6 is 22.6 Å². The van der Waals surface area contributed by atoms with Gasteiger partial charge in [0.25, 0.3) is 5.09 Å². The third-order valence-electron chi connectivity index (χ3n) is 2.79. The maximum absolute atomic E-state index is 12.4. The highest BCUT2D eigenvalue weighted by Gasteiger charge is 2.40. The smallest absolute Gasteiger partial charge is 0.338 e. The van der Waals surface area contributed by atoms with E-state index in [1.807, 2.05) is 27.9 Å². The third-order valence-corrected chi connectivity index (χ3v) is 5.86. The highest BCUT2D eigenvalue weighted by atomic mass is 127. The number of hydrogen-bond donors (Lipinski definition) is 1. The van der Waals surface area contributed by atoms with Gasteiger partial charge in [-0.25, -0.2) is 9.10 Å². The number of carbonyl (C=O) groups excluding carboxylic acids is 2. The molecule has 0 atom stereocenters. The van der Waals surface area contributed by atoms with Gasteiger partial charge in [0.15, 0.2) is 0 Å². The van der Waals surface area contributed by atoms with Crippen LogP contribution in [0.1, 0.15) is 0 Å². The lowest BCUT2D eigenvalue weighted by Gasteiger charge is -2.11. The summed E-state index contributed by atoms with van der Waals surface area (Å²) < 4.78 is 31.0. The Hall–Kier alpha value is -1.62. The summed E-state index contributed by atoms with van der Waals surface area (Å²) in [5.74, 6) is -0.662. The summed E-state index contributed by atoms with van der Waals surface area (Å²) in [7, 11) is -4.19. The Labute approximate surface area is 127 Å². The van der Waals surface area contributed by atoms with Gasteiger partial charge < -0.3 is 4.42 Å². The van der Waals surface area contributed by atoms with Crippen molar-refractivity contribution < 1.29 is 22.4 Å². The van der Waals surface area contributed by atoms with Crippen LogP contribution in [0.4, 0.5) is 4.79 Å². The molecule has 104 valence electrons. The summed E-state index contributed by atoms with van der Waals surface area (Å²) in [5.41, 5.74) is 0.404. The summed E-state index contributed by atoms with van der Waals surface area (Å²) >= 11 is 1.84. The van der Waals surface area contributed by atoms with Crippen LogP contribution in [0.2, 0.25) is 0 Å². The molecule has 3 rings (SSSR count). The molecule has 1 aliphatic rings. The normalized spacial score (nSPS) is 15.9. The number of benzene rings is 1. The molecule has 3 amide bonds. The molecule has 0 saturated carbocycles. The van der Waals surface area contributed by atoms with E-state index in [1.165, 1.54) is 0 Å². The molecule has 20 heavy (non-hydrogen) atoms. The molecular formula is C11H7IN2O5S. The maximum atomic E-state index is 12.4. The third kappa shape index (κ3) is 1.88. The quantitative estimate of drug-likeness (QED) is 0.599. The van der Waals surface area contributed by atoms with E-state index in [4.69, 9.17) is 4.42 Å². The van der Waals surface area contributed by atoms with Crippen molar-refractivity contribution in [2.24, 2.45) is 0 Å². The molecular weight excluding hydrogens is 399 g/mol. The molecule has 2 heterocycles. The van der Waals surface area contributed by atoms with E-state index in [2.05, 4.69) is 0 Å². The van der Waals surface area contributed by atoms with E-state index >= 15 is 0 Å². The van der Waals surface area contributed by atoms with Crippen LogP contribution in [0.5, 0.6) is 0 Å². The average molecular weight is 406 g/mol. The Balaban J connectivity index is 2.17. The highest BCUT2D eigenvalue weighted by Crippen LogP contribution is 2.32. The zero-order chi connectivity index (χ0) is 14.5. The van der Waals surface area contributed by atoms with E-state index < -0.39 is 28.5 Å². The highest BCUT2D eigenvalue weighted by molar-refractivity contribution is 14.1. The lowest BCUT2D eigenvalue weighted by atomic mass is 10.3. The fraction of sp³-hybridized carbons (Fsp3) is 0.0909. The number of amides is 3. The van der Waals surface area contributed by atoms with Crippen molar-refractivity contribution in [1.82, 2.24) is 9.62 Å². The molecule has 1 aromatic carbocycles. The Morgan fingerprint density at radius 3 is 2.55 bits per heavy atom. The largest absolute Gasteiger partial charge is 0.442 e. The van der Waals surface area contributed by atoms with Crippen molar-refractivity contribution in [3.63, 3.8) is 0 Å². The fourth-order valence-corrected chi connectivity index (χ4v) is 4.55. The topological polar surface area (TPSA) is 96.7 Å². The Kier molecular flexibility index (Phi) is 2.97. The Bertz CT molecular complexity index is 842. The first-order valence-corrected chi connectivity index (χ1v) is 7.97. The second kappa shape index (κ2) is 4.45. The van der Waals surface area contributed by atoms with Gasteiger partial charge in [0.05, 0.1) is 3.57 Å². The second-order valence-corrected chi connectivity index (χ2v) is 6.91. The van der Waals surface area contributed by atoms with Gasteiger partial charge in [-0.3, -0.25) is 10.1 Å². The summed E-state index contributed by atoms with van der Waals surface area (Å²) in [6.07, 6.45) is 0. The van der Waals surface area contributed by atoms with Crippen molar-refractivity contribution in [1.29, 1.82) is 0 Å². The van der Waals surface area contributed by atoms with Crippen LogP contribution in [0, 0.1) is 3.57 Å². The van der Waals surface area contributed by atoms with Gasteiger partial charge in [0.2, 0.25) is 5.91 Å². The molecule has 0 radical (unpaired) electrons. The van der Waals surface area contributed by atoms with Crippen molar-refractivity contribution in [3.8, 4) is 0 Å². The zero-order valence-electron chi connectivity index (χ0n) is 9.79. The molecule has 1 N–H and O–H groups in total. The Morgan fingerprint density at radius 1 is 1.25 bits per heavy atom. The number of sulfonamides is 1. The van der Waals surface area contributed by atoms with Crippen molar-refractivity contribution in [3.05, 3.63) is 27.8 Å². The van der Waals surface area contributed by atoms with Crippen molar-refractivity contribution in [2.75, 3.05) is 6.54 Å². The number of nitrogens with one attached hydrogen (secondary N) is 1. The van der Waals surface area contributed by atoms with Gasteiger partial charge in [-0.05, 0) is 34.7 Å². The predicted molar refractivity (Wildman–Crippen MR) is 76.4 cm³/mol. The average Bonchev–Trinajstić information content (AvgIpc) is 2.91. The van der Waals surface area contributed by atoms with Gasteiger partial charge >= 0.3 is 16.1 Å². The van der Waals surface area contributed by atoms with E-state index in [1.54, 1.807) is 24.3 Å². The van der Waals surface area contributed by atoms with E-state index in [0.717, 1.165) is 0 Å². The summed E-state index contributed by atoms with van der Waals surface area (Å²) in [4.78, 5) is 22.6. The first-order valence-electron chi connectivity index (χ1n) is 5.45. The molecule has 0 aliphatic carbocycles. The molecule has 2 aromatic rings. The number of furan rings is 1. The van der Waals surface area contributed by atoms with Crippen LogP contribution < -0.4 is 5.32 Å². The molecule has 1 aliphatic heterocycles. The molecule has 0 unspecified atom stereocenters. The first-order chi connectivity index (χ1) is 9.41. The molecule has 1 fully saturated rings. The number of para-hydroxylation sites is 1. The van der Waals surface area contributed by atoms with Crippen molar-refractivity contribution in [2.45, 2.75) is 5.09 Å². The lowest BCUT2D eigenvalue weighted by molar-refractivity contribution is -0.118. The second-order valence-electron chi connectivity index (χ2n) is 4.06. The van der Waals surface area contributed by atoms with Gasteiger partial charge in [0.1, 0.15) is 12.1 Å². The van der Waals surface area contributed by atoms with E-state index in [-0.39, 0.29) is 5.09 Å².